The summed E-state index contributed by atoms with van der Waals surface area (Å²) in [7, 11) is 0. The zero-order chi connectivity index (χ0) is 23.2. The molecule has 7 heteroatoms. The molecule has 0 bridgehead atoms. The second-order valence-corrected chi connectivity index (χ2v) is 10.4. The SMILES string of the molecule is CC(C)(C)NC(=O)[C@@H]1CCCN1C[C@H](O)[C@@H](Cc1ccccc1)NC(=O)OC(C)(C)C. The standard InChI is InChI=1S/C24H39N3O4/c1-23(2,3)26-21(29)19-13-10-14-27(19)16-20(28)18(15-17-11-8-7-9-12-17)25-22(30)31-24(4,5)6/h7-9,11-12,18-20,28H,10,13-16H2,1-6H3,(H,25,30)(H,26,29)/t18-,19+,20+/m1/s1. The number of ether oxygens (including phenoxy) is 1. The van der Waals surface area contributed by atoms with Gasteiger partial charge in [0.25, 0.3) is 0 Å². The third-order valence-electron chi connectivity index (χ3n) is 5.05. The fourth-order valence-electron chi connectivity index (χ4n) is 3.77. The first-order valence-electron chi connectivity index (χ1n) is 11.1. The Balaban J connectivity index is 2.09. The van der Waals surface area contributed by atoms with Crippen LogP contribution in [0.5, 0.6) is 0 Å². The minimum atomic E-state index is -0.851. The summed E-state index contributed by atoms with van der Waals surface area (Å²) in [6.07, 6.45) is 0.718. The maximum absolute atomic E-state index is 12.7. The highest BCUT2D eigenvalue weighted by Gasteiger charge is 2.35. The Hall–Kier alpha value is -2.12. The molecule has 3 N–H and O–H groups in total. The van der Waals surface area contributed by atoms with Crippen molar-refractivity contribution in [2.75, 3.05) is 13.1 Å². The molecule has 1 fully saturated rings. The minimum Gasteiger partial charge on any atom is -0.444 e. The van der Waals surface area contributed by atoms with Gasteiger partial charge in [0.1, 0.15) is 5.60 Å². The first kappa shape index (κ1) is 25.1. The molecule has 0 aliphatic carbocycles. The second-order valence-electron chi connectivity index (χ2n) is 10.4. The van der Waals surface area contributed by atoms with Crippen molar-refractivity contribution in [1.82, 2.24) is 15.5 Å². The lowest BCUT2D eigenvalue weighted by molar-refractivity contribution is -0.127. The number of carbonyl (C=O) groups is 2. The lowest BCUT2D eigenvalue weighted by Crippen LogP contribution is -2.54. The van der Waals surface area contributed by atoms with E-state index in [2.05, 4.69) is 10.6 Å². The minimum absolute atomic E-state index is 0.0167. The highest BCUT2D eigenvalue weighted by Crippen LogP contribution is 2.20. The van der Waals surface area contributed by atoms with Crippen LogP contribution in [0.2, 0.25) is 0 Å². The summed E-state index contributed by atoms with van der Waals surface area (Å²) < 4.78 is 5.40. The van der Waals surface area contributed by atoms with E-state index in [1.807, 2.05) is 56.0 Å². The fraction of sp³-hybridized carbons (Fsp3) is 0.667. The summed E-state index contributed by atoms with van der Waals surface area (Å²) >= 11 is 0. The van der Waals surface area contributed by atoms with Crippen LogP contribution in [0.15, 0.2) is 30.3 Å². The number of alkyl carbamates (subject to hydrolysis) is 1. The summed E-state index contributed by atoms with van der Waals surface area (Å²) in [5.74, 6) is -0.0167. The molecule has 0 radical (unpaired) electrons. The average molecular weight is 434 g/mol. The molecule has 0 aromatic heterocycles. The lowest BCUT2D eigenvalue weighted by Gasteiger charge is -2.32. The Kier molecular flexibility index (Phi) is 8.49. The number of nitrogens with one attached hydrogen (secondary N) is 2. The zero-order valence-corrected chi connectivity index (χ0v) is 19.8. The summed E-state index contributed by atoms with van der Waals surface area (Å²) in [6, 6.07) is 8.91. The van der Waals surface area contributed by atoms with Crippen molar-refractivity contribution in [3.63, 3.8) is 0 Å². The van der Waals surface area contributed by atoms with Crippen molar-refractivity contribution in [2.45, 2.75) is 90.1 Å². The van der Waals surface area contributed by atoms with Gasteiger partial charge in [-0.1, -0.05) is 30.3 Å². The largest absolute Gasteiger partial charge is 0.444 e. The average Bonchev–Trinajstić information content (AvgIpc) is 3.07. The van der Waals surface area contributed by atoms with Crippen LogP contribution in [0.1, 0.15) is 59.9 Å². The quantitative estimate of drug-likeness (QED) is 0.615. The summed E-state index contributed by atoms with van der Waals surface area (Å²) in [5.41, 5.74) is 0.0706. The molecular weight excluding hydrogens is 394 g/mol. The molecule has 2 amide bonds. The van der Waals surface area contributed by atoms with Crippen molar-refractivity contribution in [3.05, 3.63) is 35.9 Å². The maximum Gasteiger partial charge on any atom is 0.407 e. The van der Waals surface area contributed by atoms with Gasteiger partial charge in [-0.15, -0.1) is 0 Å². The number of amides is 2. The third-order valence-corrected chi connectivity index (χ3v) is 5.05. The molecule has 1 aromatic rings. The van der Waals surface area contributed by atoms with Crippen molar-refractivity contribution < 1.29 is 19.4 Å². The number of aliphatic hydroxyl groups excluding tert-OH is 1. The van der Waals surface area contributed by atoms with Gasteiger partial charge in [-0.05, 0) is 72.9 Å². The maximum atomic E-state index is 12.7. The monoisotopic (exact) mass is 433 g/mol. The fourth-order valence-corrected chi connectivity index (χ4v) is 3.77. The molecule has 1 aromatic carbocycles. The van der Waals surface area contributed by atoms with Crippen molar-refractivity contribution in [2.24, 2.45) is 0 Å². The van der Waals surface area contributed by atoms with Crippen LogP contribution in [-0.4, -0.2) is 64.4 Å². The Bertz CT molecular complexity index is 725. The van der Waals surface area contributed by atoms with Crippen LogP contribution in [0, 0.1) is 0 Å². The van der Waals surface area contributed by atoms with E-state index < -0.39 is 23.8 Å². The van der Waals surface area contributed by atoms with Crippen LogP contribution in [0.3, 0.4) is 0 Å². The van der Waals surface area contributed by atoms with Crippen molar-refractivity contribution in [3.8, 4) is 0 Å². The van der Waals surface area contributed by atoms with Crippen LogP contribution >= 0.6 is 0 Å². The second kappa shape index (κ2) is 10.5. The predicted octanol–water partition coefficient (Wildman–Crippen LogP) is 2.86. The summed E-state index contributed by atoms with van der Waals surface area (Å²) in [4.78, 5) is 27.1. The molecule has 0 unspecified atom stereocenters. The molecule has 31 heavy (non-hydrogen) atoms. The van der Waals surface area contributed by atoms with Gasteiger partial charge in [-0.3, -0.25) is 9.69 Å². The molecule has 2 rings (SSSR count). The number of rotatable bonds is 7. The Labute approximate surface area is 186 Å². The molecule has 3 atom stereocenters. The Morgan fingerprint density at radius 2 is 1.81 bits per heavy atom. The van der Waals surface area contributed by atoms with Gasteiger partial charge in [0.15, 0.2) is 0 Å². The topological polar surface area (TPSA) is 90.9 Å². The molecular formula is C24H39N3O4. The number of carbonyl (C=O) groups excluding carboxylic acids is 2. The molecule has 0 spiro atoms. The van der Waals surface area contributed by atoms with Crippen LogP contribution in [0.25, 0.3) is 0 Å². The molecule has 1 heterocycles. The highest BCUT2D eigenvalue weighted by atomic mass is 16.6. The third kappa shape index (κ3) is 8.87. The lowest BCUT2D eigenvalue weighted by atomic mass is 10.0. The zero-order valence-electron chi connectivity index (χ0n) is 19.8. The van der Waals surface area contributed by atoms with Gasteiger partial charge >= 0.3 is 6.09 Å². The molecule has 0 saturated carbocycles. The first-order chi connectivity index (χ1) is 14.3. The number of likely N-dealkylation sites (tertiary alicyclic amines) is 1. The first-order valence-corrected chi connectivity index (χ1v) is 11.1. The van der Waals surface area contributed by atoms with Gasteiger partial charge in [0.05, 0.1) is 18.2 Å². The van der Waals surface area contributed by atoms with Gasteiger partial charge in [0, 0.05) is 12.1 Å². The van der Waals surface area contributed by atoms with E-state index in [1.165, 1.54) is 0 Å². The Morgan fingerprint density at radius 1 is 1.16 bits per heavy atom. The molecule has 1 aliphatic heterocycles. The van der Waals surface area contributed by atoms with E-state index in [0.717, 1.165) is 24.9 Å². The van der Waals surface area contributed by atoms with Gasteiger partial charge in [-0.2, -0.15) is 0 Å². The summed E-state index contributed by atoms with van der Waals surface area (Å²) in [6.45, 7) is 12.3. The van der Waals surface area contributed by atoms with Crippen molar-refractivity contribution in [1.29, 1.82) is 0 Å². The van der Waals surface area contributed by atoms with E-state index >= 15 is 0 Å². The number of nitrogens with zero attached hydrogens (tertiary/aromatic N) is 1. The number of hydrogen-bond donors (Lipinski definition) is 3. The van der Waals surface area contributed by atoms with Crippen LogP contribution in [-0.2, 0) is 16.0 Å². The van der Waals surface area contributed by atoms with Gasteiger partial charge in [0.2, 0.25) is 5.91 Å². The van der Waals surface area contributed by atoms with E-state index in [1.54, 1.807) is 20.8 Å². The molecule has 7 nitrogen and oxygen atoms in total. The molecule has 1 saturated heterocycles. The van der Waals surface area contributed by atoms with Crippen LogP contribution in [0.4, 0.5) is 4.79 Å². The van der Waals surface area contributed by atoms with Crippen LogP contribution < -0.4 is 10.6 Å². The summed E-state index contributed by atoms with van der Waals surface area (Å²) in [5, 5.41) is 16.9. The Morgan fingerprint density at radius 3 is 2.39 bits per heavy atom. The normalized spacial score (nSPS) is 19.5. The van der Waals surface area contributed by atoms with Gasteiger partial charge in [-0.25, -0.2) is 4.79 Å². The number of aliphatic hydroxyl groups is 1. The van der Waals surface area contributed by atoms with E-state index in [-0.39, 0.29) is 17.5 Å². The van der Waals surface area contributed by atoms with Crippen molar-refractivity contribution >= 4 is 12.0 Å². The number of benzene rings is 1. The number of β-amino-alcohol motifs (C(OH)–C–C–N with tert-alkyl or cyclic N) is 1. The number of hydrogen-bond acceptors (Lipinski definition) is 5. The van der Waals surface area contributed by atoms with Gasteiger partial charge < -0.3 is 20.5 Å². The predicted molar refractivity (Wildman–Crippen MR) is 122 cm³/mol. The molecule has 174 valence electrons. The van der Waals surface area contributed by atoms with E-state index in [9.17, 15) is 14.7 Å². The van der Waals surface area contributed by atoms with E-state index in [0.29, 0.717) is 13.0 Å². The van der Waals surface area contributed by atoms with E-state index in [4.69, 9.17) is 4.74 Å². The smallest absolute Gasteiger partial charge is 0.407 e. The molecule has 1 aliphatic rings. The highest BCUT2D eigenvalue weighted by molar-refractivity contribution is 5.82.